The van der Waals surface area contributed by atoms with Crippen molar-refractivity contribution in [2.45, 2.75) is 70.8 Å². The van der Waals surface area contributed by atoms with E-state index in [1.807, 2.05) is 37.4 Å². The zero-order chi connectivity index (χ0) is 31.3. The Kier molecular flexibility index (Phi) is 9.91. The summed E-state index contributed by atoms with van der Waals surface area (Å²) >= 11 is 0. The number of ether oxygens (including phenoxy) is 3. The minimum Gasteiger partial charge on any atom is -0.405 e. The van der Waals surface area contributed by atoms with Gasteiger partial charge in [0.25, 0.3) is 8.32 Å². The average Bonchev–Trinajstić information content (AvgIpc) is 3.61. The predicted molar refractivity (Wildman–Crippen MR) is 175 cm³/mol. The molecule has 1 aliphatic heterocycles. The zero-order valence-electron chi connectivity index (χ0n) is 26.8. The monoisotopic (exact) mass is 616 g/mol. The number of fused-ring (bicyclic) bond motifs is 1. The van der Waals surface area contributed by atoms with E-state index in [0.29, 0.717) is 36.6 Å². The molecule has 4 aromatic rings. The first-order chi connectivity index (χ1) is 21.1. The van der Waals surface area contributed by atoms with Gasteiger partial charge in [0.15, 0.2) is 23.3 Å². The lowest BCUT2D eigenvalue weighted by Crippen LogP contribution is -2.67. The summed E-state index contributed by atoms with van der Waals surface area (Å²) in [5.41, 5.74) is 1.27. The molecule has 10 nitrogen and oxygen atoms in total. The molecule has 0 amide bonds. The standard InChI is InChI=1S/C33H44N6O4Si/c1-8-40-24(2)42-27-19-29(39-23-36-30-31(37-22-38(6)7)34-21-35-32(30)39)43-28(27)20-41-44(33(3,4)5,25-15-11-9-12-16-25)26-17-13-10-14-18-26/h9-18,21-24,27-29H,8,19-20H2,1-7H3/t24?,27?,28-,29-/m1/s1. The molecule has 234 valence electrons. The SMILES string of the molecule is CCOC(C)OC1C[C@H](n2cnc3c(N=CN(C)C)ncnc32)O[C@@H]1CO[Si](c1ccccc1)(c1ccccc1)C(C)(C)C. The number of nitrogens with zero attached hydrogens (tertiary/aromatic N) is 6. The van der Waals surface area contributed by atoms with Crippen LogP contribution in [0.1, 0.15) is 47.3 Å². The molecular formula is C33H44N6O4Si. The molecule has 0 saturated carbocycles. The van der Waals surface area contributed by atoms with E-state index in [2.05, 4.69) is 101 Å². The van der Waals surface area contributed by atoms with Gasteiger partial charge in [0.2, 0.25) is 0 Å². The second-order valence-corrected chi connectivity index (χ2v) is 16.6. The van der Waals surface area contributed by atoms with Gasteiger partial charge in [-0.25, -0.2) is 19.9 Å². The number of aromatic nitrogens is 4. The number of aliphatic imine (C=N–C) groups is 1. The molecule has 2 aromatic heterocycles. The van der Waals surface area contributed by atoms with Gasteiger partial charge < -0.3 is 23.5 Å². The van der Waals surface area contributed by atoms with Gasteiger partial charge in [0, 0.05) is 27.1 Å². The Labute approximate surface area is 261 Å². The fraction of sp³-hybridized carbons (Fsp3) is 0.455. The molecule has 0 aliphatic carbocycles. The summed E-state index contributed by atoms with van der Waals surface area (Å²) in [5.74, 6) is 0.504. The third-order valence-electron chi connectivity index (χ3n) is 7.89. The predicted octanol–water partition coefficient (Wildman–Crippen LogP) is 4.68. The van der Waals surface area contributed by atoms with Gasteiger partial charge >= 0.3 is 0 Å². The highest BCUT2D eigenvalue weighted by Gasteiger charge is 2.51. The van der Waals surface area contributed by atoms with Crippen molar-refractivity contribution in [3.63, 3.8) is 0 Å². The largest absolute Gasteiger partial charge is 0.405 e. The van der Waals surface area contributed by atoms with Gasteiger partial charge in [-0.2, -0.15) is 0 Å². The van der Waals surface area contributed by atoms with Crippen molar-refractivity contribution in [1.29, 1.82) is 0 Å². The van der Waals surface area contributed by atoms with Crippen molar-refractivity contribution in [2.24, 2.45) is 4.99 Å². The minimum atomic E-state index is -2.79. The zero-order valence-corrected chi connectivity index (χ0v) is 27.8. The average molecular weight is 617 g/mol. The molecule has 44 heavy (non-hydrogen) atoms. The van der Waals surface area contributed by atoms with Gasteiger partial charge in [0.05, 0.1) is 25.4 Å². The summed E-state index contributed by atoms with van der Waals surface area (Å²) in [6.45, 7) is 11.6. The summed E-state index contributed by atoms with van der Waals surface area (Å²) in [4.78, 5) is 19.8. The van der Waals surface area contributed by atoms with Crippen LogP contribution in [0, 0.1) is 0 Å². The Morgan fingerprint density at radius 2 is 1.70 bits per heavy atom. The highest BCUT2D eigenvalue weighted by atomic mass is 28.4. The van der Waals surface area contributed by atoms with Crippen LogP contribution in [0.25, 0.3) is 11.2 Å². The summed E-state index contributed by atoms with van der Waals surface area (Å²) in [6.07, 6.45) is 4.14. The molecule has 11 heteroatoms. The van der Waals surface area contributed by atoms with Gasteiger partial charge in [-0.05, 0) is 29.3 Å². The molecule has 1 fully saturated rings. The Morgan fingerprint density at radius 3 is 2.30 bits per heavy atom. The fourth-order valence-electron chi connectivity index (χ4n) is 5.97. The molecule has 1 saturated heterocycles. The van der Waals surface area contributed by atoms with Crippen molar-refractivity contribution < 1.29 is 18.6 Å². The highest BCUT2D eigenvalue weighted by Crippen LogP contribution is 2.39. The van der Waals surface area contributed by atoms with E-state index in [9.17, 15) is 0 Å². The van der Waals surface area contributed by atoms with Crippen molar-refractivity contribution in [3.8, 4) is 0 Å². The summed E-state index contributed by atoms with van der Waals surface area (Å²) in [6, 6.07) is 21.3. The number of hydrogen-bond donors (Lipinski definition) is 0. The van der Waals surface area contributed by atoms with Crippen molar-refractivity contribution >= 4 is 42.0 Å². The van der Waals surface area contributed by atoms with Crippen LogP contribution in [0.4, 0.5) is 5.82 Å². The molecule has 2 aromatic carbocycles. The molecule has 4 atom stereocenters. The van der Waals surface area contributed by atoms with Gasteiger partial charge in [-0.1, -0.05) is 81.4 Å². The Morgan fingerprint density at radius 1 is 1.05 bits per heavy atom. The van der Waals surface area contributed by atoms with Crippen molar-refractivity contribution in [1.82, 2.24) is 24.4 Å². The van der Waals surface area contributed by atoms with E-state index >= 15 is 0 Å². The smallest absolute Gasteiger partial charge is 0.261 e. The second kappa shape index (κ2) is 13.7. The second-order valence-electron chi connectivity index (χ2n) is 12.3. The molecule has 0 bridgehead atoms. The maximum absolute atomic E-state index is 7.27. The van der Waals surface area contributed by atoms with Gasteiger partial charge in [-0.3, -0.25) is 4.57 Å². The van der Waals surface area contributed by atoms with Gasteiger partial charge in [0.1, 0.15) is 18.7 Å². The molecule has 5 rings (SSSR count). The molecule has 0 radical (unpaired) electrons. The maximum atomic E-state index is 7.27. The van der Waals surface area contributed by atoms with Crippen LogP contribution in [0.5, 0.6) is 0 Å². The third-order valence-corrected chi connectivity index (χ3v) is 12.9. The Balaban J connectivity index is 1.48. The van der Waals surface area contributed by atoms with E-state index in [0.717, 1.165) is 0 Å². The first kappa shape index (κ1) is 31.9. The van der Waals surface area contributed by atoms with Crippen LogP contribution in [0.3, 0.4) is 0 Å². The molecule has 2 unspecified atom stereocenters. The van der Waals surface area contributed by atoms with E-state index in [4.69, 9.17) is 18.6 Å². The Hall–Kier alpha value is -3.48. The molecule has 3 heterocycles. The van der Waals surface area contributed by atoms with Crippen LogP contribution in [-0.4, -0.2) is 84.9 Å². The quantitative estimate of drug-likeness (QED) is 0.0980. The van der Waals surface area contributed by atoms with Crippen molar-refractivity contribution in [2.75, 3.05) is 27.3 Å². The van der Waals surface area contributed by atoms with Gasteiger partial charge in [-0.15, -0.1) is 0 Å². The third kappa shape index (κ3) is 6.62. The van der Waals surface area contributed by atoms with Crippen LogP contribution < -0.4 is 10.4 Å². The molecule has 1 aliphatic rings. The summed E-state index contributed by atoms with van der Waals surface area (Å²) in [5, 5.41) is 2.27. The van der Waals surface area contributed by atoms with Crippen molar-refractivity contribution in [3.05, 3.63) is 73.3 Å². The fourth-order valence-corrected chi connectivity index (χ4v) is 10.5. The Bertz CT molecular complexity index is 1490. The molecular weight excluding hydrogens is 572 g/mol. The van der Waals surface area contributed by atoms with Crippen LogP contribution in [-0.2, 0) is 18.6 Å². The summed E-state index contributed by atoms with van der Waals surface area (Å²) < 4.78 is 28.2. The lowest BCUT2D eigenvalue weighted by molar-refractivity contribution is -0.172. The number of rotatable bonds is 12. The lowest BCUT2D eigenvalue weighted by atomic mass is 10.2. The maximum Gasteiger partial charge on any atom is 0.261 e. The number of hydrogen-bond acceptors (Lipinski definition) is 8. The van der Waals surface area contributed by atoms with E-state index in [1.54, 1.807) is 12.7 Å². The first-order valence-corrected chi connectivity index (χ1v) is 17.1. The molecule has 0 spiro atoms. The first-order valence-electron chi connectivity index (χ1n) is 15.2. The van der Waals surface area contributed by atoms with E-state index < -0.39 is 14.6 Å². The van der Waals surface area contributed by atoms with E-state index in [1.165, 1.54) is 16.7 Å². The topological polar surface area (TPSA) is 96.1 Å². The highest BCUT2D eigenvalue weighted by molar-refractivity contribution is 6.99. The lowest BCUT2D eigenvalue weighted by Gasteiger charge is -2.43. The summed E-state index contributed by atoms with van der Waals surface area (Å²) in [7, 11) is 1.03. The van der Waals surface area contributed by atoms with Crippen LogP contribution in [0.2, 0.25) is 5.04 Å². The van der Waals surface area contributed by atoms with E-state index in [-0.39, 0.29) is 23.5 Å². The number of imidazole rings is 1. The molecule has 0 N–H and O–H groups in total. The normalized spacial score (nSPS) is 20.0. The van der Waals surface area contributed by atoms with Crippen LogP contribution >= 0.6 is 0 Å². The van der Waals surface area contributed by atoms with Crippen LogP contribution in [0.15, 0.2) is 78.3 Å². The minimum absolute atomic E-state index is 0.163. The number of benzene rings is 2.